The van der Waals surface area contributed by atoms with Crippen LogP contribution in [0, 0.1) is 0 Å². The van der Waals surface area contributed by atoms with E-state index >= 15 is 0 Å². The Bertz CT molecular complexity index is 235. The number of alkyl halides is 1. The zero-order chi connectivity index (χ0) is 7.68. The molecule has 2 atom stereocenters. The molecular formula is C9H9ClO. The van der Waals surface area contributed by atoms with Gasteiger partial charge in [-0.1, -0.05) is 18.2 Å². The Hall–Kier alpha value is -0.690. The van der Waals surface area contributed by atoms with Gasteiger partial charge in [0.05, 0.1) is 5.38 Å². The van der Waals surface area contributed by atoms with Gasteiger partial charge in [0, 0.05) is 6.42 Å². The molecule has 0 heterocycles. The number of para-hydroxylation sites is 1. The first kappa shape index (κ1) is 6.99. The van der Waals surface area contributed by atoms with Crippen LogP contribution in [0.25, 0.3) is 0 Å². The maximum Gasteiger partial charge on any atom is 0.119 e. The Balaban J connectivity index is 1.97. The first-order chi connectivity index (χ1) is 5.36. The molecule has 0 saturated heterocycles. The number of halogens is 1. The summed E-state index contributed by atoms with van der Waals surface area (Å²) in [6, 6.07) is 9.78. The van der Waals surface area contributed by atoms with Crippen LogP contribution in [0.1, 0.15) is 6.42 Å². The Kier molecular flexibility index (Phi) is 1.74. The zero-order valence-electron chi connectivity index (χ0n) is 6.03. The highest BCUT2D eigenvalue weighted by Gasteiger charge is 2.37. The fourth-order valence-electron chi connectivity index (χ4n) is 0.939. The van der Waals surface area contributed by atoms with Crippen molar-refractivity contribution in [1.82, 2.24) is 0 Å². The van der Waals surface area contributed by atoms with E-state index in [0.717, 1.165) is 12.2 Å². The van der Waals surface area contributed by atoms with Crippen LogP contribution in [0.5, 0.6) is 5.75 Å². The second kappa shape index (κ2) is 2.74. The van der Waals surface area contributed by atoms with Gasteiger partial charge in [-0.05, 0) is 12.1 Å². The molecule has 1 fully saturated rings. The van der Waals surface area contributed by atoms with Crippen molar-refractivity contribution < 1.29 is 4.74 Å². The number of ether oxygens (including phenoxy) is 1. The summed E-state index contributed by atoms with van der Waals surface area (Å²) in [6.07, 6.45) is 1.23. The summed E-state index contributed by atoms with van der Waals surface area (Å²) in [4.78, 5) is 0. The van der Waals surface area contributed by atoms with Crippen molar-refractivity contribution in [1.29, 1.82) is 0 Å². The zero-order valence-corrected chi connectivity index (χ0v) is 6.79. The van der Waals surface area contributed by atoms with E-state index in [2.05, 4.69) is 0 Å². The Morgan fingerprint density at radius 1 is 1.27 bits per heavy atom. The summed E-state index contributed by atoms with van der Waals surface area (Å²) in [5, 5.41) is 0.232. The van der Waals surface area contributed by atoms with Gasteiger partial charge in [-0.3, -0.25) is 0 Å². The van der Waals surface area contributed by atoms with Gasteiger partial charge in [-0.2, -0.15) is 0 Å². The van der Waals surface area contributed by atoms with Crippen molar-refractivity contribution >= 4 is 11.6 Å². The SMILES string of the molecule is Cl[C@H]1C[C@H]1Oc1ccccc1. The van der Waals surface area contributed by atoms with Crippen LogP contribution in [0.2, 0.25) is 0 Å². The maximum absolute atomic E-state index is 5.78. The van der Waals surface area contributed by atoms with Crippen molar-refractivity contribution in [2.45, 2.75) is 17.9 Å². The second-order valence-electron chi connectivity index (χ2n) is 2.72. The van der Waals surface area contributed by atoms with Crippen LogP contribution in [0.15, 0.2) is 30.3 Å². The fraction of sp³-hybridized carbons (Fsp3) is 0.333. The highest BCUT2D eigenvalue weighted by Crippen LogP contribution is 2.32. The van der Waals surface area contributed by atoms with E-state index in [4.69, 9.17) is 16.3 Å². The molecule has 1 aromatic carbocycles. The van der Waals surface area contributed by atoms with Crippen LogP contribution >= 0.6 is 11.6 Å². The quantitative estimate of drug-likeness (QED) is 0.617. The van der Waals surface area contributed by atoms with Crippen molar-refractivity contribution in [3.63, 3.8) is 0 Å². The summed E-state index contributed by atoms with van der Waals surface area (Å²) in [7, 11) is 0. The number of benzene rings is 1. The van der Waals surface area contributed by atoms with Gasteiger partial charge in [-0.25, -0.2) is 0 Å². The summed E-state index contributed by atoms with van der Waals surface area (Å²) in [6.45, 7) is 0. The smallest absolute Gasteiger partial charge is 0.119 e. The molecule has 58 valence electrons. The minimum absolute atomic E-state index is 0.232. The van der Waals surface area contributed by atoms with Crippen LogP contribution in [0.3, 0.4) is 0 Å². The van der Waals surface area contributed by atoms with Crippen LogP contribution in [-0.2, 0) is 0 Å². The third-order valence-corrected chi connectivity index (χ3v) is 2.15. The van der Waals surface area contributed by atoms with Crippen molar-refractivity contribution in [2.24, 2.45) is 0 Å². The molecule has 0 radical (unpaired) electrons. The molecule has 0 N–H and O–H groups in total. The van der Waals surface area contributed by atoms with E-state index in [-0.39, 0.29) is 11.5 Å². The van der Waals surface area contributed by atoms with Gasteiger partial charge in [0.15, 0.2) is 0 Å². The molecule has 1 saturated carbocycles. The topological polar surface area (TPSA) is 9.23 Å². The van der Waals surface area contributed by atoms with Gasteiger partial charge in [0.1, 0.15) is 11.9 Å². The maximum atomic E-state index is 5.78. The Morgan fingerprint density at radius 2 is 1.91 bits per heavy atom. The predicted octanol–water partition coefficient (Wildman–Crippen LogP) is 2.45. The predicted molar refractivity (Wildman–Crippen MR) is 45.1 cm³/mol. The molecule has 11 heavy (non-hydrogen) atoms. The largest absolute Gasteiger partial charge is 0.489 e. The van der Waals surface area contributed by atoms with E-state index in [1.807, 2.05) is 30.3 Å². The third-order valence-electron chi connectivity index (χ3n) is 1.69. The molecule has 2 heteroatoms. The molecule has 0 spiro atoms. The van der Waals surface area contributed by atoms with Crippen molar-refractivity contribution in [3.05, 3.63) is 30.3 Å². The molecule has 1 aromatic rings. The summed E-state index contributed by atoms with van der Waals surface area (Å²) in [5.74, 6) is 0.917. The average Bonchev–Trinajstić information content (AvgIpc) is 2.69. The molecular weight excluding hydrogens is 160 g/mol. The molecule has 1 nitrogen and oxygen atoms in total. The minimum Gasteiger partial charge on any atom is -0.489 e. The van der Waals surface area contributed by atoms with E-state index in [1.54, 1.807) is 0 Å². The number of rotatable bonds is 2. The summed E-state index contributed by atoms with van der Waals surface area (Å²) >= 11 is 5.78. The van der Waals surface area contributed by atoms with Crippen molar-refractivity contribution in [3.8, 4) is 5.75 Å². The number of hydrogen-bond acceptors (Lipinski definition) is 1. The summed E-state index contributed by atoms with van der Waals surface area (Å²) in [5.41, 5.74) is 0. The van der Waals surface area contributed by atoms with Gasteiger partial charge < -0.3 is 4.74 Å². The number of hydrogen-bond donors (Lipinski definition) is 0. The fourth-order valence-corrected chi connectivity index (χ4v) is 1.17. The Labute approximate surface area is 70.9 Å². The molecule has 1 aliphatic carbocycles. The van der Waals surface area contributed by atoms with E-state index < -0.39 is 0 Å². The first-order valence-electron chi connectivity index (χ1n) is 3.72. The van der Waals surface area contributed by atoms with Crippen LogP contribution < -0.4 is 4.74 Å². The van der Waals surface area contributed by atoms with Gasteiger partial charge in [0.25, 0.3) is 0 Å². The molecule has 0 amide bonds. The third kappa shape index (κ3) is 1.66. The highest BCUT2D eigenvalue weighted by molar-refractivity contribution is 6.23. The second-order valence-corrected chi connectivity index (χ2v) is 3.28. The monoisotopic (exact) mass is 168 g/mol. The molecule has 2 rings (SSSR count). The first-order valence-corrected chi connectivity index (χ1v) is 4.15. The molecule has 0 unspecified atom stereocenters. The molecule has 0 bridgehead atoms. The molecule has 1 aliphatic rings. The average molecular weight is 169 g/mol. The van der Waals surface area contributed by atoms with Gasteiger partial charge >= 0.3 is 0 Å². The lowest BCUT2D eigenvalue weighted by Crippen LogP contribution is -1.98. The van der Waals surface area contributed by atoms with E-state index in [9.17, 15) is 0 Å². The van der Waals surface area contributed by atoms with Crippen LogP contribution in [0.4, 0.5) is 0 Å². The molecule has 0 aromatic heterocycles. The standard InChI is InChI=1S/C9H9ClO/c10-8-6-9(8)11-7-4-2-1-3-5-7/h1-5,8-9H,6H2/t8-,9+/m0/s1. The van der Waals surface area contributed by atoms with E-state index in [1.165, 1.54) is 0 Å². The lowest BCUT2D eigenvalue weighted by atomic mass is 10.3. The highest BCUT2D eigenvalue weighted by atomic mass is 35.5. The van der Waals surface area contributed by atoms with E-state index in [0.29, 0.717) is 0 Å². The van der Waals surface area contributed by atoms with Crippen LogP contribution in [-0.4, -0.2) is 11.5 Å². The summed E-state index contributed by atoms with van der Waals surface area (Å²) < 4.78 is 5.51. The van der Waals surface area contributed by atoms with Crippen molar-refractivity contribution in [2.75, 3.05) is 0 Å². The lowest BCUT2D eigenvalue weighted by Gasteiger charge is -2.02. The lowest BCUT2D eigenvalue weighted by molar-refractivity contribution is 0.304. The van der Waals surface area contributed by atoms with Gasteiger partial charge in [0.2, 0.25) is 0 Å². The molecule has 0 aliphatic heterocycles. The minimum atomic E-state index is 0.232. The van der Waals surface area contributed by atoms with Gasteiger partial charge in [-0.15, -0.1) is 11.6 Å². The normalized spacial score (nSPS) is 28.1. The Morgan fingerprint density at radius 3 is 2.45 bits per heavy atom.